The summed E-state index contributed by atoms with van der Waals surface area (Å²) in [5.41, 5.74) is 0.131. The minimum Gasteiger partial charge on any atom is -0.330 e. The first-order chi connectivity index (χ1) is 5.64. The summed E-state index contributed by atoms with van der Waals surface area (Å²) in [7, 11) is 0. The van der Waals surface area contributed by atoms with Crippen LogP contribution in [0.4, 0.5) is 0 Å². The van der Waals surface area contributed by atoms with Gasteiger partial charge in [-0.3, -0.25) is 0 Å². The topological polar surface area (TPSA) is 27.7 Å². The van der Waals surface area contributed by atoms with E-state index in [0.717, 1.165) is 6.42 Å². The zero-order chi connectivity index (χ0) is 9.03. The smallest absolute Gasteiger partial charge is 0.271 e. The van der Waals surface area contributed by atoms with Crippen molar-refractivity contribution in [1.29, 1.82) is 0 Å². The average Bonchev–Trinajstić information content (AvgIpc) is 2.03. The van der Waals surface area contributed by atoms with E-state index in [1.807, 2.05) is 0 Å². The van der Waals surface area contributed by atoms with Crippen LogP contribution in [0.2, 0.25) is 0 Å². The molecule has 0 N–H and O–H groups in total. The summed E-state index contributed by atoms with van der Waals surface area (Å²) in [5.74, 6) is 0. The molecule has 0 radical (unpaired) electrons. The molecule has 0 amide bonds. The van der Waals surface area contributed by atoms with Gasteiger partial charge in [0.05, 0.1) is 19.8 Å². The predicted octanol–water partition coefficient (Wildman–Crippen LogP) is 1.77. The molecule has 3 nitrogen and oxygen atoms in total. The molecule has 0 aromatic heterocycles. The summed E-state index contributed by atoms with van der Waals surface area (Å²) in [6.45, 7) is 7.98. The van der Waals surface area contributed by atoms with Crippen LogP contribution in [-0.2, 0) is 14.2 Å². The fourth-order valence-electron chi connectivity index (χ4n) is 0.987. The average molecular weight is 174 g/mol. The fourth-order valence-corrected chi connectivity index (χ4v) is 0.987. The first-order valence-electron chi connectivity index (χ1n) is 4.49. The standard InChI is InChI=1S/C9H18O3/c1-4-5-10-8-11-6-9(2,3)7-12-8/h8H,4-7H2,1-3H3. The van der Waals surface area contributed by atoms with Gasteiger partial charge in [-0.25, -0.2) is 0 Å². The zero-order valence-corrected chi connectivity index (χ0v) is 8.13. The molecule has 1 aliphatic rings. The summed E-state index contributed by atoms with van der Waals surface area (Å²) < 4.78 is 16.0. The number of rotatable bonds is 3. The van der Waals surface area contributed by atoms with Gasteiger partial charge >= 0.3 is 0 Å². The second-order valence-electron chi connectivity index (χ2n) is 3.95. The lowest BCUT2D eigenvalue weighted by atomic mass is 9.96. The van der Waals surface area contributed by atoms with E-state index in [9.17, 15) is 0 Å². The van der Waals surface area contributed by atoms with Crippen LogP contribution in [0.15, 0.2) is 0 Å². The molecule has 1 rings (SSSR count). The molecule has 0 aliphatic carbocycles. The Morgan fingerprint density at radius 3 is 2.42 bits per heavy atom. The maximum atomic E-state index is 5.35. The minimum absolute atomic E-state index is 0.131. The van der Waals surface area contributed by atoms with E-state index in [4.69, 9.17) is 14.2 Å². The fraction of sp³-hybridized carbons (Fsp3) is 1.00. The molecule has 0 aromatic rings. The van der Waals surface area contributed by atoms with Crippen molar-refractivity contribution in [1.82, 2.24) is 0 Å². The molecular formula is C9H18O3. The molecule has 1 aliphatic heterocycles. The molecule has 1 saturated heterocycles. The highest BCUT2D eigenvalue weighted by molar-refractivity contribution is 4.69. The normalized spacial score (nSPS) is 24.2. The van der Waals surface area contributed by atoms with Gasteiger partial charge in [0.25, 0.3) is 6.48 Å². The molecule has 72 valence electrons. The number of ether oxygens (including phenoxy) is 3. The van der Waals surface area contributed by atoms with Crippen LogP contribution in [0.3, 0.4) is 0 Å². The molecular weight excluding hydrogens is 156 g/mol. The SMILES string of the molecule is CCCOC1OCC(C)(C)CO1. The summed E-state index contributed by atoms with van der Waals surface area (Å²) in [6, 6.07) is 0. The predicted molar refractivity (Wildman–Crippen MR) is 45.7 cm³/mol. The van der Waals surface area contributed by atoms with E-state index >= 15 is 0 Å². The highest BCUT2D eigenvalue weighted by atomic mass is 16.8. The van der Waals surface area contributed by atoms with Gasteiger partial charge in [-0.05, 0) is 6.42 Å². The van der Waals surface area contributed by atoms with Crippen molar-refractivity contribution < 1.29 is 14.2 Å². The molecule has 12 heavy (non-hydrogen) atoms. The lowest BCUT2D eigenvalue weighted by Gasteiger charge is -2.33. The molecule has 0 unspecified atom stereocenters. The van der Waals surface area contributed by atoms with E-state index in [1.165, 1.54) is 0 Å². The van der Waals surface area contributed by atoms with Gasteiger partial charge in [-0.2, -0.15) is 0 Å². The van der Waals surface area contributed by atoms with Crippen molar-refractivity contribution in [3.05, 3.63) is 0 Å². The van der Waals surface area contributed by atoms with Crippen LogP contribution in [0.1, 0.15) is 27.2 Å². The van der Waals surface area contributed by atoms with Crippen LogP contribution in [0.25, 0.3) is 0 Å². The quantitative estimate of drug-likeness (QED) is 0.652. The molecule has 0 bridgehead atoms. The third-order valence-corrected chi connectivity index (χ3v) is 1.68. The molecule has 1 fully saturated rings. The molecule has 0 saturated carbocycles. The van der Waals surface area contributed by atoms with Crippen molar-refractivity contribution in [3.8, 4) is 0 Å². The molecule has 1 heterocycles. The largest absolute Gasteiger partial charge is 0.330 e. The van der Waals surface area contributed by atoms with E-state index < -0.39 is 6.48 Å². The van der Waals surface area contributed by atoms with Crippen LogP contribution < -0.4 is 0 Å². The van der Waals surface area contributed by atoms with Crippen LogP contribution >= 0.6 is 0 Å². The van der Waals surface area contributed by atoms with Crippen LogP contribution in [0.5, 0.6) is 0 Å². The van der Waals surface area contributed by atoms with E-state index in [0.29, 0.717) is 19.8 Å². The Kier molecular flexibility index (Phi) is 3.50. The van der Waals surface area contributed by atoms with Crippen molar-refractivity contribution in [2.24, 2.45) is 5.41 Å². The zero-order valence-electron chi connectivity index (χ0n) is 8.13. The maximum absolute atomic E-state index is 5.35. The first-order valence-corrected chi connectivity index (χ1v) is 4.49. The Morgan fingerprint density at radius 2 is 1.92 bits per heavy atom. The van der Waals surface area contributed by atoms with Gasteiger partial charge in [0.1, 0.15) is 0 Å². The van der Waals surface area contributed by atoms with Crippen molar-refractivity contribution in [2.75, 3.05) is 19.8 Å². The van der Waals surface area contributed by atoms with Crippen molar-refractivity contribution in [3.63, 3.8) is 0 Å². The first kappa shape index (κ1) is 9.96. The minimum atomic E-state index is -0.432. The lowest BCUT2D eigenvalue weighted by molar-refractivity contribution is -0.333. The highest BCUT2D eigenvalue weighted by Gasteiger charge is 2.28. The van der Waals surface area contributed by atoms with Gasteiger partial charge in [0, 0.05) is 5.41 Å². The molecule has 3 heteroatoms. The summed E-state index contributed by atoms with van der Waals surface area (Å²) in [5, 5.41) is 0. The molecule has 0 spiro atoms. The van der Waals surface area contributed by atoms with Gasteiger partial charge < -0.3 is 14.2 Å². The van der Waals surface area contributed by atoms with Gasteiger partial charge in [0.15, 0.2) is 0 Å². The summed E-state index contributed by atoms with van der Waals surface area (Å²) in [6.07, 6.45) is 0.993. The molecule has 0 atom stereocenters. The molecule has 0 aromatic carbocycles. The third kappa shape index (κ3) is 3.09. The Morgan fingerprint density at radius 1 is 1.33 bits per heavy atom. The Bertz CT molecular complexity index is 124. The number of hydrogen-bond acceptors (Lipinski definition) is 3. The third-order valence-electron chi connectivity index (χ3n) is 1.68. The van der Waals surface area contributed by atoms with Crippen LogP contribution in [-0.4, -0.2) is 26.3 Å². The van der Waals surface area contributed by atoms with E-state index in [2.05, 4.69) is 20.8 Å². The second kappa shape index (κ2) is 4.21. The van der Waals surface area contributed by atoms with Crippen LogP contribution in [0, 0.1) is 5.41 Å². The van der Waals surface area contributed by atoms with E-state index in [1.54, 1.807) is 0 Å². The van der Waals surface area contributed by atoms with E-state index in [-0.39, 0.29) is 5.41 Å². The maximum Gasteiger partial charge on any atom is 0.271 e. The summed E-state index contributed by atoms with van der Waals surface area (Å²) >= 11 is 0. The number of hydrogen-bond donors (Lipinski definition) is 0. The van der Waals surface area contributed by atoms with Crippen molar-refractivity contribution in [2.45, 2.75) is 33.7 Å². The monoisotopic (exact) mass is 174 g/mol. The Balaban J connectivity index is 2.18. The van der Waals surface area contributed by atoms with Gasteiger partial charge in [-0.1, -0.05) is 20.8 Å². The van der Waals surface area contributed by atoms with Crippen molar-refractivity contribution >= 4 is 0 Å². The highest BCUT2D eigenvalue weighted by Crippen LogP contribution is 2.23. The Labute approximate surface area is 74.0 Å². The summed E-state index contributed by atoms with van der Waals surface area (Å²) in [4.78, 5) is 0. The lowest BCUT2D eigenvalue weighted by Crippen LogP contribution is -2.39. The Hall–Kier alpha value is -0.120. The second-order valence-corrected chi connectivity index (χ2v) is 3.95. The van der Waals surface area contributed by atoms with Gasteiger partial charge in [0.2, 0.25) is 0 Å². The van der Waals surface area contributed by atoms with Gasteiger partial charge in [-0.15, -0.1) is 0 Å².